The highest BCUT2D eigenvalue weighted by molar-refractivity contribution is 7.14. The fourth-order valence-electron chi connectivity index (χ4n) is 2.93. The number of hydrogen-bond acceptors (Lipinski definition) is 5. The predicted octanol–water partition coefficient (Wildman–Crippen LogP) is 4.12. The van der Waals surface area contributed by atoms with Crippen molar-refractivity contribution in [2.24, 2.45) is 0 Å². The van der Waals surface area contributed by atoms with Gasteiger partial charge in [0.25, 0.3) is 5.56 Å². The minimum atomic E-state index is -0.371. The van der Waals surface area contributed by atoms with Gasteiger partial charge in [0.05, 0.1) is 16.8 Å². The van der Waals surface area contributed by atoms with E-state index in [1.165, 1.54) is 16.0 Å². The van der Waals surface area contributed by atoms with Crippen LogP contribution >= 0.6 is 22.9 Å². The fourth-order valence-corrected chi connectivity index (χ4v) is 3.89. The molecule has 1 amide bonds. The first-order valence-corrected chi connectivity index (χ1v) is 9.75. The lowest BCUT2D eigenvalue weighted by molar-refractivity contribution is -0.117. The molecule has 0 aliphatic carbocycles. The summed E-state index contributed by atoms with van der Waals surface area (Å²) in [6.07, 6.45) is 0. The molecule has 1 N–H and O–H groups in total. The standard InChI is InChI=1S/C20H15ClN4O2S/c1-12-13-6-2-3-7-14(13)19(27)25(24-12)10-18(26)23-20-22-17(11-28-20)15-8-4-5-9-16(15)21/h2-9,11H,10H2,1H3,(H,22,23,26). The molecular formula is C20H15ClN4O2S. The van der Waals surface area contributed by atoms with E-state index in [0.29, 0.717) is 26.9 Å². The summed E-state index contributed by atoms with van der Waals surface area (Å²) >= 11 is 7.48. The van der Waals surface area contributed by atoms with Crippen LogP contribution in [-0.4, -0.2) is 20.7 Å². The molecule has 0 aliphatic heterocycles. The van der Waals surface area contributed by atoms with Crippen LogP contribution in [-0.2, 0) is 11.3 Å². The highest BCUT2D eigenvalue weighted by Crippen LogP contribution is 2.30. The van der Waals surface area contributed by atoms with Gasteiger partial charge in [-0.25, -0.2) is 9.67 Å². The van der Waals surface area contributed by atoms with Crippen LogP contribution in [0.25, 0.3) is 22.0 Å². The largest absolute Gasteiger partial charge is 0.300 e. The number of hydrogen-bond donors (Lipinski definition) is 1. The first-order chi connectivity index (χ1) is 13.5. The van der Waals surface area contributed by atoms with E-state index in [2.05, 4.69) is 15.4 Å². The van der Waals surface area contributed by atoms with Crippen LogP contribution < -0.4 is 10.9 Å². The van der Waals surface area contributed by atoms with Gasteiger partial charge in [-0.15, -0.1) is 11.3 Å². The number of nitrogens with one attached hydrogen (secondary N) is 1. The Morgan fingerprint density at radius 1 is 1.14 bits per heavy atom. The predicted molar refractivity (Wildman–Crippen MR) is 112 cm³/mol. The normalized spacial score (nSPS) is 10.9. The Morgan fingerprint density at radius 3 is 2.64 bits per heavy atom. The Hall–Kier alpha value is -3.03. The molecule has 0 atom stereocenters. The summed E-state index contributed by atoms with van der Waals surface area (Å²) in [6, 6.07) is 14.6. The molecule has 0 aliphatic rings. The highest BCUT2D eigenvalue weighted by Gasteiger charge is 2.13. The molecule has 0 bridgehead atoms. The van der Waals surface area contributed by atoms with Gasteiger partial charge in [-0.3, -0.25) is 9.59 Å². The first-order valence-electron chi connectivity index (χ1n) is 8.49. The molecule has 0 fully saturated rings. The van der Waals surface area contributed by atoms with E-state index in [1.807, 2.05) is 42.6 Å². The van der Waals surface area contributed by atoms with E-state index in [0.717, 1.165) is 10.9 Å². The van der Waals surface area contributed by atoms with Crippen LogP contribution in [0.5, 0.6) is 0 Å². The number of thiazole rings is 1. The summed E-state index contributed by atoms with van der Waals surface area (Å²) in [5.74, 6) is -0.371. The third-order valence-electron chi connectivity index (χ3n) is 4.25. The van der Waals surface area contributed by atoms with E-state index in [1.54, 1.807) is 18.2 Å². The Bertz CT molecular complexity index is 1250. The number of carbonyl (C=O) groups is 1. The minimum absolute atomic E-state index is 0.189. The number of nitrogens with zero attached hydrogens (tertiary/aromatic N) is 3. The zero-order valence-corrected chi connectivity index (χ0v) is 16.4. The van der Waals surface area contributed by atoms with E-state index in [-0.39, 0.29) is 18.0 Å². The summed E-state index contributed by atoms with van der Waals surface area (Å²) in [7, 11) is 0. The van der Waals surface area contributed by atoms with Crippen LogP contribution in [0.3, 0.4) is 0 Å². The lowest BCUT2D eigenvalue weighted by Crippen LogP contribution is -2.30. The van der Waals surface area contributed by atoms with Crippen LogP contribution in [0.2, 0.25) is 5.02 Å². The Balaban J connectivity index is 1.55. The van der Waals surface area contributed by atoms with Crippen molar-refractivity contribution in [2.75, 3.05) is 5.32 Å². The zero-order chi connectivity index (χ0) is 19.7. The zero-order valence-electron chi connectivity index (χ0n) is 14.8. The van der Waals surface area contributed by atoms with Crippen molar-refractivity contribution in [3.63, 3.8) is 0 Å². The maximum atomic E-state index is 12.6. The van der Waals surface area contributed by atoms with Gasteiger partial charge in [-0.1, -0.05) is 48.0 Å². The van der Waals surface area contributed by atoms with Gasteiger partial charge in [0.2, 0.25) is 5.91 Å². The molecule has 2 aromatic heterocycles. The van der Waals surface area contributed by atoms with Crippen molar-refractivity contribution in [3.05, 3.63) is 75.0 Å². The highest BCUT2D eigenvalue weighted by atomic mass is 35.5. The van der Waals surface area contributed by atoms with Crippen molar-refractivity contribution >= 4 is 44.7 Å². The topological polar surface area (TPSA) is 76.9 Å². The molecule has 0 radical (unpaired) electrons. The maximum absolute atomic E-state index is 12.6. The van der Waals surface area contributed by atoms with Crippen molar-refractivity contribution in [2.45, 2.75) is 13.5 Å². The molecule has 28 heavy (non-hydrogen) atoms. The van der Waals surface area contributed by atoms with Gasteiger partial charge in [0.15, 0.2) is 5.13 Å². The molecule has 6 nitrogen and oxygen atoms in total. The second-order valence-corrected chi connectivity index (χ2v) is 7.43. The van der Waals surface area contributed by atoms with Gasteiger partial charge in [-0.2, -0.15) is 5.10 Å². The quantitative estimate of drug-likeness (QED) is 0.549. The number of fused-ring (bicyclic) bond motifs is 1. The van der Waals surface area contributed by atoms with Crippen molar-refractivity contribution in [1.29, 1.82) is 0 Å². The van der Waals surface area contributed by atoms with Crippen molar-refractivity contribution < 1.29 is 4.79 Å². The second-order valence-electron chi connectivity index (χ2n) is 6.16. The van der Waals surface area contributed by atoms with Crippen molar-refractivity contribution in [1.82, 2.24) is 14.8 Å². The minimum Gasteiger partial charge on any atom is -0.300 e. The lowest BCUT2D eigenvalue weighted by Gasteiger charge is -2.08. The van der Waals surface area contributed by atoms with E-state index >= 15 is 0 Å². The van der Waals surface area contributed by atoms with Crippen LogP contribution in [0.15, 0.2) is 58.7 Å². The molecule has 4 rings (SSSR count). The molecule has 0 unspecified atom stereocenters. The van der Waals surface area contributed by atoms with E-state index < -0.39 is 0 Å². The Labute approximate surface area is 169 Å². The van der Waals surface area contributed by atoms with Gasteiger partial charge in [0, 0.05) is 21.4 Å². The molecule has 2 aromatic carbocycles. The summed E-state index contributed by atoms with van der Waals surface area (Å²) in [5.41, 5.74) is 1.87. The number of amides is 1. The number of benzene rings is 2. The number of rotatable bonds is 4. The molecule has 2 heterocycles. The van der Waals surface area contributed by atoms with E-state index in [9.17, 15) is 9.59 Å². The van der Waals surface area contributed by atoms with Gasteiger partial charge in [0.1, 0.15) is 6.54 Å². The van der Waals surface area contributed by atoms with Crippen molar-refractivity contribution in [3.8, 4) is 11.3 Å². The molecule has 0 saturated heterocycles. The number of halogens is 1. The maximum Gasteiger partial charge on any atom is 0.275 e. The lowest BCUT2D eigenvalue weighted by atomic mass is 10.1. The summed E-state index contributed by atoms with van der Waals surface area (Å²) in [4.78, 5) is 29.4. The monoisotopic (exact) mass is 410 g/mol. The molecular weight excluding hydrogens is 396 g/mol. The summed E-state index contributed by atoms with van der Waals surface area (Å²) < 4.78 is 1.18. The molecule has 0 saturated carbocycles. The molecule has 140 valence electrons. The SMILES string of the molecule is Cc1nn(CC(=O)Nc2nc(-c3ccccc3Cl)cs2)c(=O)c2ccccc12. The summed E-state index contributed by atoms with van der Waals surface area (Å²) in [6.45, 7) is 1.62. The van der Waals surface area contributed by atoms with Crippen LogP contribution in [0.1, 0.15) is 5.69 Å². The Morgan fingerprint density at radius 2 is 1.86 bits per heavy atom. The van der Waals surface area contributed by atoms with Gasteiger partial charge in [-0.05, 0) is 19.1 Å². The smallest absolute Gasteiger partial charge is 0.275 e. The van der Waals surface area contributed by atoms with Gasteiger partial charge < -0.3 is 5.32 Å². The number of carbonyl (C=O) groups excluding carboxylic acids is 1. The molecule has 0 spiro atoms. The van der Waals surface area contributed by atoms with Gasteiger partial charge >= 0.3 is 0 Å². The number of aromatic nitrogens is 3. The first kappa shape index (κ1) is 18.3. The third-order valence-corrected chi connectivity index (χ3v) is 5.33. The Kier molecular flexibility index (Phi) is 4.93. The second kappa shape index (κ2) is 7.53. The molecule has 4 aromatic rings. The van der Waals surface area contributed by atoms with E-state index in [4.69, 9.17) is 11.6 Å². The average Bonchev–Trinajstić information content (AvgIpc) is 3.14. The average molecular weight is 411 g/mol. The van der Waals surface area contributed by atoms with Crippen LogP contribution in [0.4, 0.5) is 5.13 Å². The van der Waals surface area contributed by atoms with Crippen LogP contribution in [0, 0.1) is 6.92 Å². The third kappa shape index (κ3) is 3.54. The summed E-state index contributed by atoms with van der Waals surface area (Å²) in [5, 5.41) is 11.1. The molecule has 8 heteroatoms. The number of aryl methyl sites for hydroxylation is 1. The number of anilines is 1. The fraction of sp³-hybridized carbons (Fsp3) is 0.100.